The van der Waals surface area contributed by atoms with Crippen LogP contribution in [0.5, 0.6) is 0 Å². The van der Waals surface area contributed by atoms with Gasteiger partial charge in [0, 0.05) is 26.9 Å². The number of fused-ring (bicyclic) bond motifs is 1. The molecule has 0 aliphatic heterocycles. The van der Waals surface area contributed by atoms with Crippen LogP contribution in [0.4, 0.5) is 0 Å². The molecule has 2 aromatic heterocycles. The average Bonchev–Trinajstić information content (AvgIpc) is 3.27. The summed E-state index contributed by atoms with van der Waals surface area (Å²) in [6.45, 7) is -0.0222. The maximum absolute atomic E-state index is 13.1. The molecule has 0 aliphatic rings. The summed E-state index contributed by atoms with van der Waals surface area (Å²) in [4.78, 5) is 2.03. The molecule has 2 heterocycles. The van der Waals surface area contributed by atoms with Crippen LogP contribution in [0, 0.1) is 0 Å². The zero-order chi connectivity index (χ0) is 17.4. The molecule has 0 bridgehead atoms. The van der Waals surface area contributed by atoms with Crippen molar-refractivity contribution in [3.05, 3.63) is 77.8 Å². The highest BCUT2D eigenvalue weighted by atomic mass is 32.2. The van der Waals surface area contributed by atoms with Gasteiger partial charge in [0.1, 0.15) is 0 Å². The Balaban J connectivity index is 1.97. The van der Waals surface area contributed by atoms with Gasteiger partial charge < -0.3 is 5.11 Å². The van der Waals surface area contributed by atoms with Gasteiger partial charge in [-0.25, -0.2) is 12.4 Å². The Labute approximate surface area is 149 Å². The number of aliphatic hydroxyl groups excluding tert-OH is 1. The van der Waals surface area contributed by atoms with Crippen molar-refractivity contribution in [3.8, 4) is 10.4 Å². The molecule has 6 heteroatoms. The van der Waals surface area contributed by atoms with Crippen molar-refractivity contribution >= 4 is 32.3 Å². The van der Waals surface area contributed by atoms with Gasteiger partial charge in [-0.2, -0.15) is 0 Å². The smallest absolute Gasteiger partial charge is 0.268 e. The molecule has 126 valence electrons. The maximum Gasteiger partial charge on any atom is 0.268 e. The Morgan fingerprint density at radius 1 is 0.920 bits per heavy atom. The van der Waals surface area contributed by atoms with Crippen molar-refractivity contribution in [1.82, 2.24) is 3.97 Å². The fraction of sp³-hybridized carbons (Fsp3) is 0.0526. The first-order chi connectivity index (χ1) is 12.1. The van der Waals surface area contributed by atoms with E-state index in [1.807, 2.05) is 30.3 Å². The fourth-order valence-electron chi connectivity index (χ4n) is 2.86. The summed E-state index contributed by atoms with van der Waals surface area (Å²) in [5.74, 6) is 0. The summed E-state index contributed by atoms with van der Waals surface area (Å²) in [5.41, 5.74) is 1.49. The summed E-state index contributed by atoms with van der Waals surface area (Å²) in [6, 6.07) is 19.6. The molecule has 1 N–H and O–H groups in total. The second-order valence-corrected chi connectivity index (χ2v) is 8.58. The van der Waals surface area contributed by atoms with E-state index in [9.17, 15) is 13.5 Å². The number of para-hydroxylation sites is 1. The number of aromatic nitrogens is 1. The standard InChI is InChI=1S/C19H15NO3S2/c21-13-14-10-11-19(24-14)17-12-20(18-9-5-4-8-16(17)18)25(22,23)15-6-2-1-3-7-15/h1-12,21H,13H2. The third-order valence-electron chi connectivity index (χ3n) is 4.06. The highest BCUT2D eigenvalue weighted by Crippen LogP contribution is 2.36. The minimum atomic E-state index is -3.68. The molecule has 0 aliphatic carbocycles. The highest BCUT2D eigenvalue weighted by Gasteiger charge is 2.21. The van der Waals surface area contributed by atoms with Crippen LogP contribution in [0.25, 0.3) is 21.3 Å². The van der Waals surface area contributed by atoms with Gasteiger partial charge in [0.25, 0.3) is 10.0 Å². The lowest BCUT2D eigenvalue weighted by Gasteiger charge is -2.07. The lowest BCUT2D eigenvalue weighted by molar-refractivity contribution is 0.285. The van der Waals surface area contributed by atoms with Gasteiger partial charge in [0.15, 0.2) is 0 Å². The minimum absolute atomic E-state index is 0.0222. The van der Waals surface area contributed by atoms with Crippen LogP contribution in [0.3, 0.4) is 0 Å². The Morgan fingerprint density at radius 3 is 2.36 bits per heavy atom. The van der Waals surface area contributed by atoms with Gasteiger partial charge >= 0.3 is 0 Å². The van der Waals surface area contributed by atoms with Gasteiger partial charge in [-0.1, -0.05) is 36.4 Å². The molecule has 0 spiro atoms. The van der Waals surface area contributed by atoms with E-state index in [-0.39, 0.29) is 11.5 Å². The second-order valence-electron chi connectivity index (χ2n) is 5.60. The lowest BCUT2D eigenvalue weighted by Crippen LogP contribution is -2.11. The Morgan fingerprint density at radius 2 is 1.64 bits per heavy atom. The predicted molar refractivity (Wildman–Crippen MR) is 100 cm³/mol. The summed E-state index contributed by atoms with van der Waals surface area (Å²) in [5, 5.41) is 10.2. The number of hydrogen-bond donors (Lipinski definition) is 1. The van der Waals surface area contributed by atoms with Gasteiger partial charge in [0.2, 0.25) is 0 Å². The molecule has 0 radical (unpaired) electrons. The molecular formula is C19H15NO3S2. The van der Waals surface area contributed by atoms with E-state index in [1.165, 1.54) is 15.3 Å². The average molecular weight is 369 g/mol. The molecule has 0 unspecified atom stereocenters. The van der Waals surface area contributed by atoms with Crippen LogP contribution in [0.15, 0.2) is 77.8 Å². The van der Waals surface area contributed by atoms with Crippen LogP contribution in [-0.2, 0) is 16.6 Å². The molecule has 0 fully saturated rings. The van der Waals surface area contributed by atoms with E-state index in [4.69, 9.17) is 0 Å². The van der Waals surface area contributed by atoms with Crippen molar-refractivity contribution in [2.24, 2.45) is 0 Å². The lowest BCUT2D eigenvalue weighted by atomic mass is 10.1. The number of hydrogen-bond acceptors (Lipinski definition) is 4. The first-order valence-electron chi connectivity index (χ1n) is 7.72. The van der Waals surface area contributed by atoms with E-state index in [2.05, 4.69) is 0 Å². The van der Waals surface area contributed by atoms with Crippen molar-refractivity contribution in [3.63, 3.8) is 0 Å². The summed E-state index contributed by atoms with van der Waals surface area (Å²) >= 11 is 1.46. The van der Waals surface area contributed by atoms with E-state index >= 15 is 0 Å². The van der Waals surface area contributed by atoms with Gasteiger partial charge in [0.05, 0.1) is 17.0 Å². The van der Waals surface area contributed by atoms with Gasteiger partial charge in [-0.3, -0.25) is 0 Å². The third-order valence-corrected chi connectivity index (χ3v) is 6.85. The van der Waals surface area contributed by atoms with Gasteiger partial charge in [-0.05, 0) is 30.3 Å². The first kappa shape index (κ1) is 16.1. The number of thiophene rings is 1. The number of aliphatic hydroxyl groups is 1. The first-order valence-corrected chi connectivity index (χ1v) is 9.97. The van der Waals surface area contributed by atoms with Crippen LogP contribution in [0.1, 0.15) is 4.88 Å². The Hall–Kier alpha value is -2.41. The number of nitrogens with zero attached hydrogens (tertiary/aromatic N) is 1. The zero-order valence-corrected chi connectivity index (χ0v) is 14.8. The van der Waals surface area contributed by atoms with Crippen molar-refractivity contribution < 1.29 is 13.5 Å². The monoisotopic (exact) mass is 369 g/mol. The number of benzene rings is 2. The van der Waals surface area contributed by atoms with E-state index < -0.39 is 10.0 Å². The molecule has 4 nitrogen and oxygen atoms in total. The van der Waals surface area contributed by atoms with E-state index in [0.29, 0.717) is 5.52 Å². The Bertz CT molecular complexity index is 1140. The summed E-state index contributed by atoms with van der Waals surface area (Å²) in [6.07, 6.45) is 1.67. The molecule has 4 aromatic rings. The third kappa shape index (κ3) is 2.68. The SMILES string of the molecule is O=S(=O)(c1ccccc1)n1cc(-c2ccc(CO)s2)c2ccccc21. The Kier molecular flexibility index (Phi) is 3.95. The van der Waals surface area contributed by atoms with Crippen molar-refractivity contribution in [2.75, 3.05) is 0 Å². The van der Waals surface area contributed by atoms with E-state index in [1.54, 1.807) is 42.6 Å². The minimum Gasteiger partial charge on any atom is -0.391 e. The normalized spacial score (nSPS) is 11.9. The summed E-state index contributed by atoms with van der Waals surface area (Å²) in [7, 11) is -3.68. The van der Waals surface area contributed by atoms with Crippen molar-refractivity contribution in [2.45, 2.75) is 11.5 Å². The molecule has 0 saturated carbocycles. The van der Waals surface area contributed by atoms with Crippen LogP contribution in [0.2, 0.25) is 0 Å². The molecule has 0 amide bonds. The van der Waals surface area contributed by atoms with Crippen LogP contribution >= 0.6 is 11.3 Å². The maximum atomic E-state index is 13.1. The topological polar surface area (TPSA) is 59.3 Å². The largest absolute Gasteiger partial charge is 0.391 e. The predicted octanol–water partition coefficient (Wildman–Crippen LogP) is 4.10. The van der Waals surface area contributed by atoms with Crippen LogP contribution in [-0.4, -0.2) is 17.5 Å². The fourth-order valence-corrected chi connectivity index (χ4v) is 5.14. The molecule has 4 rings (SSSR count). The van der Waals surface area contributed by atoms with Crippen molar-refractivity contribution in [1.29, 1.82) is 0 Å². The van der Waals surface area contributed by atoms with Gasteiger partial charge in [-0.15, -0.1) is 11.3 Å². The highest BCUT2D eigenvalue weighted by molar-refractivity contribution is 7.90. The number of rotatable bonds is 4. The quantitative estimate of drug-likeness (QED) is 0.589. The second kappa shape index (κ2) is 6.15. The molecule has 2 aromatic carbocycles. The summed E-state index contributed by atoms with van der Waals surface area (Å²) < 4.78 is 27.5. The molecule has 0 atom stereocenters. The zero-order valence-electron chi connectivity index (χ0n) is 13.2. The van der Waals surface area contributed by atoms with E-state index in [0.717, 1.165) is 20.7 Å². The molecule has 0 saturated heterocycles. The molecular weight excluding hydrogens is 354 g/mol. The molecule has 25 heavy (non-hydrogen) atoms. The van der Waals surface area contributed by atoms with Crippen LogP contribution < -0.4 is 0 Å².